The van der Waals surface area contributed by atoms with E-state index in [2.05, 4.69) is 10.3 Å². The zero-order valence-electron chi connectivity index (χ0n) is 20.0. The second-order valence-electron chi connectivity index (χ2n) is 8.78. The van der Waals surface area contributed by atoms with Crippen molar-refractivity contribution in [3.05, 3.63) is 52.4 Å². The van der Waals surface area contributed by atoms with Gasteiger partial charge in [-0.3, -0.25) is 9.59 Å². The Bertz CT molecular complexity index is 1140. The number of nitrogens with two attached hydrogens (primary N) is 1. The lowest BCUT2D eigenvalue weighted by Crippen LogP contribution is -2.42. The van der Waals surface area contributed by atoms with E-state index < -0.39 is 53.0 Å². The maximum Gasteiger partial charge on any atom is 0.449 e. The van der Waals surface area contributed by atoms with Gasteiger partial charge in [-0.15, -0.1) is 12.4 Å². The maximum absolute atomic E-state index is 13.9. The summed E-state index contributed by atoms with van der Waals surface area (Å²) in [5.74, 6) is -6.20. The highest BCUT2D eigenvalue weighted by atomic mass is 35.5. The van der Waals surface area contributed by atoms with E-state index in [0.29, 0.717) is 18.7 Å². The maximum atomic E-state index is 13.9. The first-order chi connectivity index (χ1) is 16.8. The van der Waals surface area contributed by atoms with Crippen LogP contribution >= 0.6 is 12.4 Å². The molecule has 15 heteroatoms. The zero-order chi connectivity index (χ0) is 26.8. The molecule has 0 fully saturated rings. The molecule has 2 heterocycles. The molecule has 0 spiro atoms. The van der Waals surface area contributed by atoms with E-state index in [4.69, 9.17) is 5.73 Å². The number of benzene rings is 1. The van der Waals surface area contributed by atoms with E-state index in [9.17, 15) is 35.9 Å². The first kappa shape index (κ1) is 30.4. The number of hydrogen-bond donors (Lipinski definition) is 2. The Morgan fingerprint density at radius 1 is 1.14 bits per heavy atom. The van der Waals surface area contributed by atoms with Crippen molar-refractivity contribution in [3.8, 4) is 0 Å². The van der Waals surface area contributed by atoms with Crippen LogP contribution in [0.3, 0.4) is 0 Å². The number of fused-ring (bicyclic) bond motifs is 1. The van der Waals surface area contributed by atoms with E-state index in [1.165, 1.54) is 4.90 Å². The summed E-state index contributed by atoms with van der Waals surface area (Å²) in [5.41, 5.74) is 5.22. The summed E-state index contributed by atoms with van der Waals surface area (Å²) in [6, 6.07) is 0.0751. The highest BCUT2D eigenvalue weighted by Gasteiger charge is 2.41. The topological polar surface area (TPSA) is 96.5 Å². The first-order valence-corrected chi connectivity index (χ1v) is 11.0. The summed E-state index contributed by atoms with van der Waals surface area (Å²) in [6.45, 7) is -0.0305. The van der Waals surface area contributed by atoms with Gasteiger partial charge in [0.15, 0.2) is 17.3 Å². The van der Waals surface area contributed by atoms with Gasteiger partial charge in [0.25, 0.3) is 5.91 Å². The van der Waals surface area contributed by atoms with Crippen LogP contribution in [-0.2, 0) is 30.5 Å². The summed E-state index contributed by atoms with van der Waals surface area (Å²) < 4.78 is 81.9. The third-order valence-corrected chi connectivity index (χ3v) is 5.68. The van der Waals surface area contributed by atoms with Crippen LogP contribution in [0.5, 0.6) is 0 Å². The summed E-state index contributed by atoms with van der Waals surface area (Å²) in [7, 11) is 3.53. The molecule has 1 atom stereocenters. The van der Waals surface area contributed by atoms with Gasteiger partial charge in [-0.2, -0.15) is 13.2 Å². The number of carbonyl (C=O) groups excluding carboxylic acids is 2. The van der Waals surface area contributed by atoms with E-state index in [1.54, 1.807) is 19.0 Å². The Labute approximate surface area is 215 Å². The Kier molecular flexibility index (Phi) is 9.97. The molecule has 3 N–H and O–H groups in total. The fourth-order valence-electron chi connectivity index (χ4n) is 3.88. The van der Waals surface area contributed by atoms with Gasteiger partial charge in [0.1, 0.15) is 5.82 Å². The fraction of sp³-hybridized carbons (Fsp3) is 0.500. The molecular formula is C22H27ClF6N6O2. The van der Waals surface area contributed by atoms with Crippen LogP contribution in [0.4, 0.5) is 26.3 Å². The predicted molar refractivity (Wildman–Crippen MR) is 123 cm³/mol. The molecule has 1 aliphatic rings. The normalized spacial score (nSPS) is 14.3. The lowest BCUT2D eigenvalue weighted by Gasteiger charge is -2.30. The number of alkyl halides is 3. The van der Waals surface area contributed by atoms with Gasteiger partial charge in [0.05, 0.1) is 12.2 Å². The van der Waals surface area contributed by atoms with E-state index in [0.717, 1.165) is 4.57 Å². The van der Waals surface area contributed by atoms with Crippen LogP contribution in [0.15, 0.2) is 12.1 Å². The smallest absolute Gasteiger partial charge is 0.349 e. The minimum absolute atomic E-state index is 0. The lowest BCUT2D eigenvalue weighted by atomic mass is 10.0. The van der Waals surface area contributed by atoms with Gasteiger partial charge < -0.3 is 25.4 Å². The Balaban J connectivity index is 0.00000481. The number of aromatic nitrogens is 2. The molecule has 0 saturated carbocycles. The van der Waals surface area contributed by atoms with E-state index >= 15 is 0 Å². The quantitative estimate of drug-likeness (QED) is 0.384. The Hall–Kier alpha value is -2.84. The van der Waals surface area contributed by atoms with Gasteiger partial charge in [-0.1, -0.05) is 0 Å². The molecule has 206 valence electrons. The zero-order valence-corrected chi connectivity index (χ0v) is 20.9. The molecule has 2 amide bonds. The third kappa shape index (κ3) is 7.36. The van der Waals surface area contributed by atoms with Crippen LogP contribution in [-0.4, -0.2) is 70.9 Å². The van der Waals surface area contributed by atoms with E-state index in [-0.39, 0.29) is 62.7 Å². The van der Waals surface area contributed by atoms with Gasteiger partial charge in [-0.05, 0) is 32.1 Å². The number of nitrogens with one attached hydrogen (secondary N) is 1. The number of rotatable bonds is 8. The number of amides is 2. The van der Waals surface area contributed by atoms with Gasteiger partial charge >= 0.3 is 6.18 Å². The van der Waals surface area contributed by atoms with Crippen LogP contribution in [0.25, 0.3) is 0 Å². The van der Waals surface area contributed by atoms with Crippen molar-refractivity contribution in [1.82, 2.24) is 24.7 Å². The number of halogens is 7. The molecule has 1 aliphatic heterocycles. The van der Waals surface area contributed by atoms with E-state index in [1.807, 2.05) is 0 Å². The molecular weight excluding hydrogens is 530 g/mol. The van der Waals surface area contributed by atoms with Crippen molar-refractivity contribution in [1.29, 1.82) is 0 Å². The van der Waals surface area contributed by atoms with Crippen LogP contribution in [0.1, 0.15) is 34.0 Å². The second kappa shape index (κ2) is 12.1. The number of carbonyl (C=O) groups is 2. The summed E-state index contributed by atoms with van der Waals surface area (Å²) in [6.07, 6.45) is -5.40. The van der Waals surface area contributed by atoms with Gasteiger partial charge in [-0.25, -0.2) is 18.2 Å². The van der Waals surface area contributed by atoms with Crippen molar-refractivity contribution in [2.24, 2.45) is 5.73 Å². The molecule has 37 heavy (non-hydrogen) atoms. The second-order valence-corrected chi connectivity index (χ2v) is 8.78. The summed E-state index contributed by atoms with van der Waals surface area (Å²) >= 11 is 0. The van der Waals surface area contributed by atoms with Gasteiger partial charge in [0, 0.05) is 44.7 Å². The number of nitrogens with zero attached hydrogens (tertiary/aromatic N) is 4. The Morgan fingerprint density at radius 2 is 1.78 bits per heavy atom. The molecule has 3 rings (SSSR count). The van der Waals surface area contributed by atoms with Crippen molar-refractivity contribution >= 4 is 24.2 Å². The molecule has 1 aromatic carbocycles. The van der Waals surface area contributed by atoms with Crippen molar-refractivity contribution in [2.45, 2.75) is 38.1 Å². The number of hydrogen-bond acceptors (Lipinski definition) is 5. The average molecular weight is 557 g/mol. The highest BCUT2D eigenvalue weighted by Crippen LogP contribution is 2.32. The average Bonchev–Trinajstić information content (AvgIpc) is 3.16. The molecule has 1 aromatic heterocycles. The molecule has 0 saturated heterocycles. The minimum Gasteiger partial charge on any atom is -0.349 e. The third-order valence-electron chi connectivity index (χ3n) is 5.68. The van der Waals surface area contributed by atoms with Crippen LogP contribution < -0.4 is 11.1 Å². The van der Waals surface area contributed by atoms with Crippen molar-refractivity contribution < 1.29 is 35.9 Å². The summed E-state index contributed by atoms with van der Waals surface area (Å²) in [5, 5.41) is 2.52. The molecule has 0 radical (unpaired) electrons. The van der Waals surface area contributed by atoms with Crippen molar-refractivity contribution in [3.63, 3.8) is 0 Å². The molecule has 0 unspecified atom stereocenters. The van der Waals surface area contributed by atoms with Gasteiger partial charge in [0.2, 0.25) is 11.7 Å². The highest BCUT2D eigenvalue weighted by molar-refractivity contribution is 5.93. The van der Waals surface area contributed by atoms with Crippen LogP contribution in [0, 0.1) is 17.5 Å². The lowest BCUT2D eigenvalue weighted by molar-refractivity contribution is -0.148. The number of imidazole rings is 1. The molecule has 2 aromatic rings. The minimum atomic E-state index is -4.81. The largest absolute Gasteiger partial charge is 0.449 e. The standard InChI is InChI=1S/C22H26F6N6O2.ClH/c1-32(2)4-3-30-20(36)19-17-11-33(5-6-34(17)21(31-19)22(26,27)28)18(35)9-13(29)7-12-8-15(24)16(25)10-14(12)23;/h8,10,13H,3-7,9,11,29H2,1-2H3,(H,30,36);1H/t13-;/m1./s1. The molecule has 8 nitrogen and oxygen atoms in total. The SMILES string of the molecule is CN(C)CCNC(=O)c1nc(C(F)(F)F)n2c1CN(C(=O)C[C@H](N)Cc1cc(F)c(F)cc1F)CC2.Cl. The first-order valence-electron chi connectivity index (χ1n) is 11.0. The number of likely N-dealkylation sites (N-methyl/N-ethyl adjacent to an activating group) is 1. The Morgan fingerprint density at radius 3 is 2.41 bits per heavy atom. The predicted octanol–water partition coefficient (Wildman–Crippen LogP) is 2.33. The van der Waals surface area contributed by atoms with Crippen molar-refractivity contribution in [2.75, 3.05) is 33.7 Å². The molecule has 0 bridgehead atoms. The monoisotopic (exact) mass is 556 g/mol. The molecule has 0 aliphatic carbocycles. The summed E-state index contributed by atoms with van der Waals surface area (Å²) in [4.78, 5) is 31.9. The fourth-order valence-corrected chi connectivity index (χ4v) is 3.88. The van der Waals surface area contributed by atoms with Crippen LogP contribution in [0.2, 0.25) is 0 Å².